The molecule has 0 bridgehead atoms. The van der Waals surface area contributed by atoms with Crippen LogP contribution in [0.1, 0.15) is 63.5 Å². The highest BCUT2D eigenvalue weighted by Crippen LogP contribution is 2.55. The zero-order chi connectivity index (χ0) is 25.7. The fourth-order valence-corrected chi connectivity index (χ4v) is 6.07. The topological polar surface area (TPSA) is 97.7 Å². The molecule has 1 fully saturated rings. The number of nitrogens with zero attached hydrogens (tertiary/aromatic N) is 1. The van der Waals surface area contributed by atoms with Gasteiger partial charge in [0.2, 0.25) is 6.79 Å². The average molecular weight is 498 g/mol. The van der Waals surface area contributed by atoms with E-state index in [0.29, 0.717) is 11.5 Å². The Kier molecular flexibility index (Phi) is 6.22. The van der Waals surface area contributed by atoms with E-state index in [-0.39, 0.29) is 31.1 Å². The van der Waals surface area contributed by atoms with Gasteiger partial charge in [-0.25, -0.2) is 4.79 Å². The minimum atomic E-state index is -1.80. The third-order valence-corrected chi connectivity index (χ3v) is 7.94. The summed E-state index contributed by atoms with van der Waals surface area (Å²) in [5.74, 6) is 6.50. The first-order valence-corrected chi connectivity index (χ1v) is 12.7. The molecule has 3 heterocycles. The monoisotopic (exact) mass is 497 g/mol. The first kappa shape index (κ1) is 24.9. The van der Waals surface area contributed by atoms with E-state index in [1.807, 2.05) is 12.1 Å². The second-order valence-corrected chi connectivity index (χ2v) is 10.7. The molecule has 0 aromatic heterocycles. The summed E-state index contributed by atoms with van der Waals surface area (Å²) < 4.78 is 23.3. The molecule has 1 aromatic carbocycles. The molecule has 0 amide bonds. The fourth-order valence-electron chi connectivity index (χ4n) is 6.07. The number of methoxy groups -OCH3 is 1. The molecule has 1 spiro atoms. The summed E-state index contributed by atoms with van der Waals surface area (Å²) in [4.78, 5) is 15.9. The van der Waals surface area contributed by atoms with Crippen molar-refractivity contribution in [3.05, 3.63) is 35.1 Å². The normalized spacial score (nSPS) is 28.0. The average Bonchev–Trinajstić information content (AvgIpc) is 3.51. The van der Waals surface area contributed by atoms with Gasteiger partial charge in [-0.3, -0.25) is 4.90 Å². The van der Waals surface area contributed by atoms with Crippen LogP contribution in [0.4, 0.5) is 0 Å². The highest BCUT2D eigenvalue weighted by molar-refractivity contribution is 5.80. The van der Waals surface area contributed by atoms with Crippen LogP contribution >= 0.6 is 0 Å². The molecule has 36 heavy (non-hydrogen) atoms. The molecular formula is C28H35NO7. The lowest BCUT2D eigenvalue weighted by Crippen LogP contribution is -2.49. The van der Waals surface area contributed by atoms with Gasteiger partial charge in [0.05, 0.1) is 18.6 Å². The first-order chi connectivity index (χ1) is 17.1. The highest BCUT2D eigenvalue weighted by Gasteiger charge is 2.58. The number of rotatable bonds is 5. The Labute approximate surface area is 212 Å². The summed E-state index contributed by atoms with van der Waals surface area (Å²) in [7, 11) is 1.59. The van der Waals surface area contributed by atoms with Crippen LogP contribution in [0.5, 0.6) is 11.5 Å². The number of fused-ring (bicyclic) bond motifs is 3. The maximum absolute atomic E-state index is 13.5. The lowest BCUT2D eigenvalue weighted by atomic mass is 9.77. The first-order valence-electron chi connectivity index (χ1n) is 12.7. The van der Waals surface area contributed by atoms with E-state index in [0.717, 1.165) is 49.2 Å². The van der Waals surface area contributed by atoms with Crippen molar-refractivity contribution in [1.82, 2.24) is 4.90 Å². The molecule has 4 atom stereocenters. The van der Waals surface area contributed by atoms with Gasteiger partial charge in [0.25, 0.3) is 0 Å². The van der Waals surface area contributed by atoms with Crippen LogP contribution in [0, 0.1) is 11.8 Å². The van der Waals surface area contributed by atoms with E-state index in [4.69, 9.17) is 18.9 Å². The molecule has 2 N–H and O–H groups in total. The number of ether oxygens (including phenoxy) is 4. The molecule has 1 saturated heterocycles. The third kappa shape index (κ3) is 4.13. The molecular weight excluding hydrogens is 462 g/mol. The van der Waals surface area contributed by atoms with E-state index in [2.05, 4.69) is 22.8 Å². The number of carbonyl (C=O) groups is 1. The summed E-state index contributed by atoms with van der Waals surface area (Å²) in [6.07, 6.45) is 4.22. The number of benzene rings is 1. The lowest BCUT2D eigenvalue weighted by Gasteiger charge is -2.39. The van der Waals surface area contributed by atoms with Crippen molar-refractivity contribution in [2.45, 2.75) is 81.6 Å². The van der Waals surface area contributed by atoms with E-state index >= 15 is 0 Å². The Balaban J connectivity index is 1.52. The summed E-state index contributed by atoms with van der Waals surface area (Å²) in [6.45, 7) is 6.85. The van der Waals surface area contributed by atoms with Gasteiger partial charge in [0.1, 0.15) is 11.4 Å². The number of hydrogen-bond acceptors (Lipinski definition) is 8. The second kappa shape index (κ2) is 8.98. The van der Waals surface area contributed by atoms with Crippen molar-refractivity contribution >= 4 is 5.97 Å². The number of esters is 1. The summed E-state index contributed by atoms with van der Waals surface area (Å²) >= 11 is 0. The van der Waals surface area contributed by atoms with Crippen molar-refractivity contribution in [1.29, 1.82) is 0 Å². The van der Waals surface area contributed by atoms with Crippen LogP contribution in [0.25, 0.3) is 0 Å². The number of carbonyl (C=O) groups excluding carboxylic acids is 1. The fraction of sp³-hybridized carbons (Fsp3) is 0.607. The number of aliphatic hydroxyl groups is 2. The Morgan fingerprint density at radius 1 is 1.25 bits per heavy atom. The van der Waals surface area contributed by atoms with Gasteiger partial charge < -0.3 is 29.2 Å². The van der Waals surface area contributed by atoms with Crippen molar-refractivity contribution in [3.8, 4) is 23.3 Å². The highest BCUT2D eigenvalue weighted by atomic mass is 16.7. The molecule has 8 heteroatoms. The van der Waals surface area contributed by atoms with Crippen LogP contribution in [0.3, 0.4) is 0 Å². The molecule has 1 aliphatic carbocycles. The van der Waals surface area contributed by atoms with Crippen LogP contribution in [-0.2, 0) is 20.7 Å². The lowest BCUT2D eigenvalue weighted by molar-refractivity contribution is -0.172. The molecule has 0 unspecified atom stereocenters. The van der Waals surface area contributed by atoms with Gasteiger partial charge in [-0.15, -0.1) is 0 Å². The SMILES string of the molecule is CC[C@](O)(CC#CC(C)(C)O)C(=O)O[C@@H]1C(OC)=C[C@]23CCCN2CCc2cc4c(cc2[C@H]13)OCO4. The summed E-state index contributed by atoms with van der Waals surface area (Å²) in [5, 5.41) is 21.1. The molecule has 194 valence electrons. The predicted octanol–water partition coefficient (Wildman–Crippen LogP) is 2.65. The maximum atomic E-state index is 13.5. The zero-order valence-electron chi connectivity index (χ0n) is 21.4. The van der Waals surface area contributed by atoms with Crippen LogP contribution in [-0.4, -0.2) is 70.9 Å². The standard InChI is InChI=1S/C28H35NO7/c1-5-28(32,11-6-9-26(2,3)31)25(30)36-24-22(33-4)16-27-10-7-12-29(27)13-8-18-14-20-21(35-17-34-20)15-19(18)23(24)27/h14-16,23-24,31-32H,5,7-8,10-13,17H2,1-4H3/t23-,24-,27+,28+/m1/s1. The van der Waals surface area contributed by atoms with Crippen molar-refractivity contribution < 1.29 is 34.0 Å². The Morgan fingerprint density at radius 2 is 2.00 bits per heavy atom. The van der Waals surface area contributed by atoms with Gasteiger partial charge in [0, 0.05) is 13.0 Å². The maximum Gasteiger partial charge on any atom is 0.339 e. The minimum Gasteiger partial charge on any atom is -0.497 e. The van der Waals surface area contributed by atoms with Crippen molar-refractivity contribution in [2.24, 2.45) is 0 Å². The van der Waals surface area contributed by atoms with Gasteiger partial charge >= 0.3 is 5.97 Å². The van der Waals surface area contributed by atoms with E-state index in [9.17, 15) is 15.0 Å². The second-order valence-electron chi connectivity index (χ2n) is 10.7. The van der Waals surface area contributed by atoms with E-state index in [1.165, 1.54) is 0 Å². The molecule has 5 rings (SSSR count). The van der Waals surface area contributed by atoms with Gasteiger partial charge in [-0.1, -0.05) is 18.8 Å². The molecule has 4 aliphatic rings. The van der Waals surface area contributed by atoms with Crippen LogP contribution in [0.15, 0.2) is 24.0 Å². The smallest absolute Gasteiger partial charge is 0.339 e. The summed E-state index contributed by atoms with van der Waals surface area (Å²) in [6, 6.07) is 4.08. The predicted molar refractivity (Wildman–Crippen MR) is 131 cm³/mol. The largest absolute Gasteiger partial charge is 0.497 e. The Bertz CT molecular complexity index is 1140. The molecule has 0 saturated carbocycles. The zero-order valence-corrected chi connectivity index (χ0v) is 21.4. The molecule has 8 nitrogen and oxygen atoms in total. The van der Waals surface area contributed by atoms with Gasteiger partial charge in [-0.05, 0) is 75.4 Å². The number of hydrogen-bond donors (Lipinski definition) is 2. The van der Waals surface area contributed by atoms with Gasteiger partial charge in [-0.2, -0.15) is 0 Å². The van der Waals surface area contributed by atoms with Crippen molar-refractivity contribution in [2.75, 3.05) is 27.0 Å². The third-order valence-electron chi connectivity index (χ3n) is 7.94. The van der Waals surface area contributed by atoms with E-state index in [1.54, 1.807) is 27.9 Å². The van der Waals surface area contributed by atoms with Crippen molar-refractivity contribution in [3.63, 3.8) is 0 Å². The van der Waals surface area contributed by atoms with Crippen LogP contribution in [0.2, 0.25) is 0 Å². The Hall–Kier alpha value is -2.73. The molecule has 1 aromatic rings. The van der Waals surface area contributed by atoms with Crippen LogP contribution < -0.4 is 9.47 Å². The quantitative estimate of drug-likeness (QED) is 0.474. The minimum absolute atomic E-state index is 0.127. The molecule has 0 radical (unpaired) electrons. The van der Waals surface area contributed by atoms with E-state index < -0.39 is 23.3 Å². The Morgan fingerprint density at radius 3 is 2.69 bits per heavy atom. The molecule has 3 aliphatic heterocycles. The van der Waals surface area contributed by atoms with Gasteiger partial charge in [0.15, 0.2) is 23.2 Å². The summed E-state index contributed by atoms with van der Waals surface area (Å²) in [5.41, 5.74) is -1.16.